The highest BCUT2D eigenvalue weighted by atomic mass is 35.5. The molecule has 0 amide bonds. The third kappa shape index (κ3) is 3.42. The molecule has 0 spiro atoms. The van der Waals surface area contributed by atoms with Crippen molar-refractivity contribution in [2.75, 3.05) is 11.2 Å². The van der Waals surface area contributed by atoms with Gasteiger partial charge in [0.1, 0.15) is 5.82 Å². The van der Waals surface area contributed by atoms with E-state index in [-0.39, 0.29) is 5.54 Å². The van der Waals surface area contributed by atoms with Crippen LogP contribution in [0.4, 0.5) is 5.13 Å². The Labute approximate surface area is 94.1 Å². The van der Waals surface area contributed by atoms with Gasteiger partial charge in [0.15, 0.2) is 0 Å². The van der Waals surface area contributed by atoms with E-state index in [1.165, 1.54) is 11.5 Å². The maximum absolute atomic E-state index is 5.80. The van der Waals surface area contributed by atoms with Crippen LogP contribution in [0.25, 0.3) is 0 Å². The Bertz CT molecular complexity index is 285. The molecule has 0 bridgehead atoms. The van der Waals surface area contributed by atoms with E-state index in [2.05, 4.69) is 21.6 Å². The second-order valence-corrected chi connectivity index (χ2v) is 4.93. The Morgan fingerprint density at radius 2 is 2.21 bits per heavy atom. The normalized spacial score (nSPS) is 11.7. The number of hydrogen-bond donors (Lipinski definition) is 1. The molecule has 0 unspecified atom stereocenters. The van der Waals surface area contributed by atoms with E-state index < -0.39 is 0 Å². The number of aromatic nitrogens is 2. The molecule has 1 N–H and O–H groups in total. The SMILES string of the molecule is CCCc1nsc(NC(C)(C)CCl)n1. The summed E-state index contributed by atoms with van der Waals surface area (Å²) in [6.45, 7) is 6.21. The standard InChI is InChI=1S/C9H16ClN3S/c1-4-5-7-11-8(14-13-7)12-9(2,3)6-10/h4-6H2,1-3H3,(H,11,12,13). The van der Waals surface area contributed by atoms with Gasteiger partial charge in [-0.05, 0) is 20.3 Å². The number of rotatable bonds is 5. The summed E-state index contributed by atoms with van der Waals surface area (Å²) < 4.78 is 4.25. The van der Waals surface area contributed by atoms with Gasteiger partial charge in [0.25, 0.3) is 0 Å². The molecule has 0 radical (unpaired) electrons. The van der Waals surface area contributed by atoms with Crippen molar-refractivity contribution in [2.24, 2.45) is 0 Å². The fourth-order valence-electron chi connectivity index (χ4n) is 0.953. The summed E-state index contributed by atoms with van der Waals surface area (Å²) in [6, 6.07) is 0. The van der Waals surface area contributed by atoms with Gasteiger partial charge in [0, 0.05) is 29.4 Å². The lowest BCUT2D eigenvalue weighted by atomic mass is 10.1. The van der Waals surface area contributed by atoms with Gasteiger partial charge in [-0.2, -0.15) is 4.37 Å². The Kier molecular flexibility index (Phi) is 4.13. The van der Waals surface area contributed by atoms with Gasteiger partial charge in [0.05, 0.1) is 0 Å². The van der Waals surface area contributed by atoms with Crippen LogP contribution in [0.15, 0.2) is 0 Å². The fourth-order valence-corrected chi connectivity index (χ4v) is 1.81. The molecule has 0 aromatic carbocycles. The molecular weight excluding hydrogens is 218 g/mol. The first-order valence-electron chi connectivity index (χ1n) is 4.74. The minimum atomic E-state index is -0.120. The lowest BCUT2D eigenvalue weighted by molar-refractivity contribution is 0.640. The molecule has 0 aliphatic rings. The van der Waals surface area contributed by atoms with Crippen molar-refractivity contribution in [1.29, 1.82) is 0 Å². The monoisotopic (exact) mass is 233 g/mol. The second-order valence-electron chi connectivity index (χ2n) is 3.91. The number of hydrogen-bond acceptors (Lipinski definition) is 4. The number of aryl methyl sites for hydroxylation is 1. The van der Waals surface area contributed by atoms with Crippen LogP contribution in [0.3, 0.4) is 0 Å². The third-order valence-corrected chi connectivity index (χ3v) is 3.06. The molecule has 80 valence electrons. The summed E-state index contributed by atoms with van der Waals surface area (Å²) in [4.78, 5) is 4.37. The first-order valence-corrected chi connectivity index (χ1v) is 6.05. The molecule has 1 aromatic heterocycles. The van der Waals surface area contributed by atoms with Crippen molar-refractivity contribution in [3.05, 3.63) is 5.82 Å². The van der Waals surface area contributed by atoms with Crippen LogP contribution in [0.1, 0.15) is 33.0 Å². The van der Waals surface area contributed by atoms with Gasteiger partial charge >= 0.3 is 0 Å². The number of anilines is 1. The summed E-state index contributed by atoms with van der Waals surface area (Å²) in [7, 11) is 0. The van der Waals surface area contributed by atoms with Crippen LogP contribution in [0, 0.1) is 0 Å². The van der Waals surface area contributed by atoms with Gasteiger partial charge in [-0.3, -0.25) is 0 Å². The van der Waals surface area contributed by atoms with Gasteiger partial charge in [-0.15, -0.1) is 11.6 Å². The van der Waals surface area contributed by atoms with E-state index in [4.69, 9.17) is 11.6 Å². The Morgan fingerprint density at radius 1 is 1.50 bits per heavy atom. The summed E-state index contributed by atoms with van der Waals surface area (Å²) in [5.74, 6) is 1.47. The van der Waals surface area contributed by atoms with Gasteiger partial charge in [-0.25, -0.2) is 4.98 Å². The van der Waals surface area contributed by atoms with E-state index in [0.717, 1.165) is 23.8 Å². The van der Waals surface area contributed by atoms with Crippen LogP contribution in [-0.4, -0.2) is 20.8 Å². The Hall–Kier alpha value is -0.350. The molecule has 1 heterocycles. The fraction of sp³-hybridized carbons (Fsp3) is 0.778. The van der Waals surface area contributed by atoms with E-state index in [9.17, 15) is 0 Å². The lowest BCUT2D eigenvalue weighted by Gasteiger charge is -2.22. The molecule has 14 heavy (non-hydrogen) atoms. The van der Waals surface area contributed by atoms with Crippen molar-refractivity contribution in [3.63, 3.8) is 0 Å². The second kappa shape index (κ2) is 4.94. The molecule has 3 nitrogen and oxygen atoms in total. The summed E-state index contributed by atoms with van der Waals surface area (Å²) in [5.41, 5.74) is -0.120. The highest BCUT2D eigenvalue weighted by molar-refractivity contribution is 7.09. The third-order valence-electron chi connectivity index (χ3n) is 1.72. The van der Waals surface area contributed by atoms with Crippen molar-refractivity contribution in [2.45, 2.75) is 39.2 Å². The summed E-state index contributed by atoms with van der Waals surface area (Å²) in [5, 5.41) is 4.12. The van der Waals surface area contributed by atoms with Crippen LogP contribution in [0.5, 0.6) is 0 Å². The first-order chi connectivity index (χ1) is 6.57. The van der Waals surface area contributed by atoms with Crippen LogP contribution >= 0.6 is 23.1 Å². The number of nitrogens with one attached hydrogen (secondary N) is 1. The zero-order chi connectivity index (χ0) is 10.6. The average Bonchev–Trinajstić information content (AvgIpc) is 2.53. The van der Waals surface area contributed by atoms with Crippen molar-refractivity contribution >= 4 is 28.3 Å². The van der Waals surface area contributed by atoms with E-state index >= 15 is 0 Å². The maximum Gasteiger partial charge on any atom is 0.203 e. The highest BCUT2D eigenvalue weighted by Gasteiger charge is 2.17. The zero-order valence-electron chi connectivity index (χ0n) is 8.80. The van der Waals surface area contributed by atoms with E-state index in [1.807, 2.05) is 13.8 Å². The van der Waals surface area contributed by atoms with Crippen molar-refractivity contribution in [1.82, 2.24) is 9.36 Å². The van der Waals surface area contributed by atoms with Crippen LogP contribution in [0.2, 0.25) is 0 Å². The quantitative estimate of drug-likeness (QED) is 0.795. The van der Waals surface area contributed by atoms with Crippen molar-refractivity contribution < 1.29 is 0 Å². The largest absolute Gasteiger partial charge is 0.354 e. The van der Waals surface area contributed by atoms with Crippen LogP contribution < -0.4 is 5.32 Å². The van der Waals surface area contributed by atoms with E-state index in [1.54, 1.807) is 0 Å². The number of halogens is 1. The molecule has 0 saturated carbocycles. The minimum absolute atomic E-state index is 0.120. The predicted octanol–water partition coefficient (Wildman–Crippen LogP) is 2.92. The number of nitrogens with zero attached hydrogens (tertiary/aromatic N) is 2. The first kappa shape index (κ1) is 11.7. The molecule has 5 heteroatoms. The average molecular weight is 234 g/mol. The Morgan fingerprint density at radius 3 is 2.79 bits per heavy atom. The highest BCUT2D eigenvalue weighted by Crippen LogP contribution is 2.18. The predicted molar refractivity (Wildman–Crippen MR) is 62.3 cm³/mol. The summed E-state index contributed by atoms with van der Waals surface area (Å²) in [6.07, 6.45) is 2.02. The topological polar surface area (TPSA) is 37.8 Å². The van der Waals surface area contributed by atoms with Crippen LogP contribution in [-0.2, 0) is 6.42 Å². The minimum Gasteiger partial charge on any atom is -0.354 e. The molecule has 0 aliphatic carbocycles. The van der Waals surface area contributed by atoms with Gasteiger partial charge in [-0.1, -0.05) is 6.92 Å². The number of alkyl halides is 1. The summed E-state index contributed by atoms with van der Waals surface area (Å²) >= 11 is 7.21. The molecule has 0 saturated heterocycles. The van der Waals surface area contributed by atoms with Gasteiger partial charge in [0.2, 0.25) is 5.13 Å². The maximum atomic E-state index is 5.80. The molecule has 1 aromatic rings. The zero-order valence-corrected chi connectivity index (χ0v) is 10.4. The van der Waals surface area contributed by atoms with E-state index in [0.29, 0.717) is 5.88 Å². The molecule has 0 aliphatic heterocycles. The molecule has 0 atom stereocenters. The molecule has 0 fully saturated rings. The molecular formula is C9H16ClN3S. The smallest absolute Gasteiger partial charge is 0.203 e. The lowest BCUT2D eigenvalue weighted by Crippen LogP contribution is -2.32. The Balaban J connectivity index is 2.59. The van der Waals surface area contributed by atoms with Crippen molar-refractivity contribution in [3.8, 4) is 0 Å². The molecule has 1 rings (SSSR count). The van der Waals surface area contributed by atoms with Gasteiger partial charge < -0.3 is 5.32 Å².